The highest BCUT2D eigenvalue weighted by molar-refractivity contribution is 9.10. The van der Waals surface area contributed by atoms with Crippen molar-refractivity contribution in [2.45, 2.75) is 32.6 Å². The van der Waals surface area contributed by atoms with Crippen LogP contribution in [0.1, 0.15) is 36.1 Å². The predicted molar refractivity (Wildman–Crippen MR) is 85.4 cm³/mol. The number of aromatic nitrogens is 4. The summed E-state index contributed by atoms with van der Waals surface area (Å²) < 4.78 is 1.00. The Morgan fingerprint density at radius 2 is 1.76 bits per heavy atom. The van der Waals surface area contributed by atoms with Crippen LogP contribution >= 0.6 is 15.9 Å². The summed E-state index contributed by atoms with van der Waals surface area (Å²) >= 11 is 3.62. The topological polar surface area (TPSA) is 54.8 Å². The molecular weight excluding hydrogens is 330 g/mol. The maximum atomic E-state index is 4.59. The minimum Gasteiger partial charge on any atom is -0.356 e. The lowest BCUT2D eigenvalue weighted by molar-refractivity contribution is 0.482. The number of halogens is 1. The molecule has 0 saturated carbocycles. The van der Waals surface area contributed by atoms with E-state index in [-0.39, 0.29) is 0 Å². The second-order valence-corrected chi connectivity index (χ2v) is 6.16. The van der Waals surface area contributed by atoms with Crippen molar-refractivity contribution in [3.05, 3.63) is 40.3 Å². The molecule has 1 saturated heterocycles. The first-order chi connectivity index (χ1) is 10.1. The van der Waals surface area contributed by atoms with Crippen molar-refractivity contribution in [1.82, 2.24) is 19.9 Å². The highest BCUT2D eigenvalue weighted by atomic mass is 79.9. The largest absolute Gasteiger partial charge is 0.356 e. The number of hydrogen-bond donors (Lipinski definition) is 0. The third-order valence-corrected chi connectivity index (χ3v) is 4.79. The lowest BCUT2D eigenvalue weighted by Gasteiger charge is -2.32. The van der Waals surface area contributed by atoms with Gasteiger partial charge in [-0.2, -0.15) is 0 Å². The summed E-state index contributed by atoms with van der Waals surface area (Å²) in [5.41, 5.74) is 0.992. The summed E-state index contributed by atoms with van der Waals surface area (Å²) in [5.74, 6) is 3.24. The van der Waals surface area contributed by atoms with Crippen LogP contribution in [0.3, 0.4) is 0 Å². The normalized spacial score (nSPS) is 16.2. The Morgan fingerprint density at radius 3 is 2.43 bits per heavy atom. The fourth-order valence-corrected chi connectivity index (χ4v) is 3.19. The Kier molecular flexibility index (Phi) is 4.14. The van der Waals surface area contributed by atoms with Gasteiger partial charge in [-0.1, -0.05) is 0 Å². The fraction of sp³-hybridized carbons (Fsp3) is 0.467. The van der Waals surface area contributed by atoms with Gasteiger partial charge in [-0.25, -0.2) is 19.9 Å². The molecule has 0 N–H and O–H groups in total. The highest BCUT2D eigenvalue weighted by Crippen LogP contribution is 2.32. The zero-order chi connectivity index (χ0) is 14.8. The second kappa shape index (κ2) is 6.05. The SMILES string of the molecule is Cc1nc(C)c(Br)c(N2CCC(c3ncccn3)CC2)n1. The minimum atomic E-state index is 0.449. The summed E-state index contributed by atoms with van der Waals surface area (Å²) in [6.07, 6.45) is 5.75. The van der Waals surface area contributed by atoms with Crippen molar-refractivity contribution in [2.24, 2.45) is 0 Å². The summed E-state index contributed by atoms with van der Waals surface area (Å²) in [6, 6.07) is 1.86. The molecule has 0 atom stereocenters. The number of piperidine rings is 1. The predicted octanol–water partition coefficient (Wildman–Crippen LogP) is 3.03. The molecule has 2 aromatic heterocycles. The molecule has 1 aliphatic heterocycles. The van der Waals surface area contributed by atoms with E-state index in [4.69, 9.17) is 0 Å². The van der Waals surface area contributed by atoms with Crippen LogP contribution in [-0.4, -0.2) is 33.0 Å². The molecule has 0 spiro atoms. The number of aryl methyl sites for hydroxylation is 2. The molecule has 2 aromatic rings. The van der Waals surface area contributed by atoms with Crippen LogP contribution in [0.15, 0.2) is 22.9 Å². The number of nitrogens with zero attached hydrogens (tertiary/aromatic N) is 5. The van der Waals surface area contributed by atoms with Gasteiger partial charge in [-0.15, -0.1) is 0 Å². The van der Waals surface area contributed by atoms with E-state index in [1.807, 2.05) is 32.3 Å². The molecule has 21 heavy (non-hydrogen) atoms. The first-order valence-electron chi connectivity index (χ1n) is 7.17. The van der Waals surface area contributed by atoms with Crippen LogP contribution in [-0.2, 0) is 0 Å². The molecule has 5 nitrogen and oxygen atoms in total. The van der Waals surface area contributed by atoms with Gasteiger partial charge in [-0.3, -0.25) is 0 Å². The van der Waals surface area contributed by atoms with E-state index in [0.29, 0.717) is 5.92 Å². The van der Waals surface area contributed by atoms with Crippen molar-refractivity contribution in [3.63, 3.8) is 0 Å². The summed E-state index contributed by atoms with van der Waals surface area (Å²) in [6.45, 7) is 5.88. The van der Waals surface area contributed by atoms with Gasteiger partial charge in [0.05, 0.1) is 10.2 Å². The number of hydrogen-bond acceptors (Lipinski definition) is 5. The van der Waals surface area contributed by atoms with Crippen LogP contribution < -0.4 is 4.90 Å². The summed E-state index contributed by atoms with van der Waals surface area (Å²) in [5, 5.41) is 0. The average molecular weight is 348 g/mol. The average Bonchev–Trinajstić information content (AvgIpc) is 2.52. The Bertz CT molecular complexity index is 623. The van der Waals surface area contributed by atoms with Gasteiger partial charge in [0.2, 0.25) is 0 Å². The van der Waals surface area contributed by atoms with E-state index < -0.39 is 0 Å². The third-order valence-electron chi connectivity index (χ3n) is 3.86. The Morgan fingerprint density at radius 1 is 1.10 bits per heavy atom. The van der Waals surface area contributed by atoms with Crippen LogP contribution in [0.2, 0.25) is 0 Å². The smallest absolute Gasteiger partial charge is 0.146 e. The van der Waals surface area contributed by atoms with Crippen molar-refractivity contribution in [1.29, 1.82) is 0 Å². The molecule has 1 fully saturated rings. The molecule has 3 heterocycles. The first kappa shape index (κ1) is 14.4. The zero-order valence-electron chi connectivity index (χ0n) is 12.3. The van der Waals surface area contributed by atoms with Gasteiger partial charge >= 0.3 is 0 Å². The first-order valence-corrected chi connectivity index (χ1v) is 7.97. The molecule has 0 aliphatic carbocycles. The van der Waals surface area contributed by atoms with E-state index in [2.05, 4.69) is 40.8 Å². The molecule has 0 amide bonds. The molecule has 0 radical (unpaired) electrons. The van der Waals surface area contributed by atoms with E-state index in [1.54, 1.807) is 0 Å². The highest BCUT2D eigenvalue weighted by Gasteiger charge is 2.25. The van der Waals surface area contributed by atoms with Gasteiger partial charge < -0.3 is 4.90 Å². The molecule has 6 heteroatoms. The quantitative estimate of drug-likeness (QED) is 0.835. The summed E-state index contributed by atoms with van der Waals surface area (Å²) in [4.78, 5) is 20.1. The van der Waals surface area contributed by atoms with Gasteiger partial charge in [0, 0.05) is 31.4 Å². The standard InChI is InChI=1S/C15H18BrN5/c1-10-13(16)15(20-11(2)19-10)21-8-4-12(5-9-21)14-17-6-3-7-18-14/h3,6-7,12H,4-5,8-9H2,1-2H3. The molecule has 1 aliphatic rings. The third kappa shape index (κ3) is 3.05. The lowest BCUT2D eigenvalue weighted by Crippen LogP contribution is -2.34. The fourth-order valence-electron chi connectivity index (χ4n) is 2.76. The molecule has 3 rings (SSSR count). The van der Waals surface area contributed by atoms with E-state index in [1.165, 1.54) is 0 Å². The summed E-state index contributed by atoms with van der Waals surface area (Å²) in [7, 11) is 0. The Labute approximate surface area is 133 Å². The van der Waals surface area contributed by atoms with Crippen LogP contribution in [0, 0.1) is 13.8 Å². The molecule has 0 unspecified atom stereocenters. The van der Waals surface area contributed by atoms with Gasteiger partial charge in [-0.05, 0) is 48.7 Å². The van der Waals surface area contributed by atoms with Crippen molar-refractivity contribution >= 4 is 21.7 Å². The van der Waals surface area contributed by atoms with Crippen molar-refractivity contribution < 1.29 is 0 Å². The number of anilines is 1. The molecular formula is C15H18BrN5. The Hall–Kier alpha value is -1.56. The number of rotatable bonds is 2. The van der Waals surface area contributed by atoms with Crippen LogP contribution in [0.5, 0.6) is 0 Å². The maximum Gasteiger partial charge on any atom is 0.146 e. The van der Waals surface area contributed by atoms with Crippen molar-refractivity contribution in [2.75, 3.05) is 18.0 Å². The van der Waals surface area contributed by atoms with Crippen LogP contribution in [0.4, 0.5) is 5.82 Å². The molecule has 0 bridgehead atoms. The van der Waals surface area contributed by atoms with E-state index >= 15 is 0 Å². The molecule has 110 valence electrons. The van der Waals surface area contributed by atoms with E-state index in [0.717, 1.165) is 53.6 Å². The zero-order valence-corrected chi connectivity index (χ0v) is 13.8. The molecule has 0 aromatic carbocycles. The maximum absolute atomic E-state index is 4.59. The van der Waals surface area contributed by atoms with Gasteiger partial charge in [0.1, 0.15) is 17.5 Å². The van der Waals surface area contributed by atoms with E-state index in [9.17, 15) is 0 Å². The monoisotopic (exact) mass is 347 g/mol. The lowest BCUT2D eigenvalue weighted by atomic mass is 9.96. The van der Waals surface area contributed by atoms with Crippen molar-refractivity contribution in [3.8, 4) is 0 Å². The Balaban J connectivity index is 1.74. The minimum absolute atomic E-state index is 0.449. The van der Waals surface area contributed by atoms with Gasteiger partial charge in [0.15, 0.2) is 0 Å². The van der Waals surface area contributed by atoms with Crippen LogP contribution in [0.25, 0.3) is 0 Å². The van der Waals surface area contributed by atoms with Gasteiger partial charge in [0.25, 0.3) is 0 Å². The second-order valence-electron chi connectivity index (χ2n) is 5.36.